The van der Waals surface area contributed by atoms with Crippen LogP contribution >= 0.6 is 0 Å². The third-order valence-electron chi connectivity index (χ3n) is 1.69. The van der Waals surface area contributed by atoms with Gasteiger partial charge in [0.2, 0.25) is 0 Å². The van der Waals surface area contributed by atoms with Crippen LogP contribution in [0.15, 0.2) is 0 Å². The van der Waals surface area contributed by atoms with Gasteiger partial charge in [-0.25, -0.2) is 4.79 Å². The van der Waals surface area contributed by atoms with Crippen molar-refractivity contribution in [1.29, 1.82) is 0 Å². The fraction of sp³-hybridized carbons (Fsp3) is 0.818. The Labute approximate surface area is 91.4 Å². The highest BCUT2D eigenvalue weighted by Crippen LogP contribution is 2.07. The first kappa shape index (κ1) is 13.9. The first-order chi connectivity index (χ1) is 6.70. The Morgan fingerprint density at radius 2 is 1.87 bits per heavy atom. The molecule has 15 heavy (non-hydrogen) atoms. The lowest BCUT2D eigenvalue weighted by Crippen LogP contribution is -2.37. The molecule has 0 bridgehead atoms. The van der Waals surface area contributed by atoms with E-state index in [2.05, 4.69) is 5.32 Å². The molecular weight excluding hydrogens is 194 g/mol. The van der Waals surface area contributed by atoms with Crippen LogP contribution in [0.25, 0.3) is 0 Å². The van der Waals surface area contributed by atoms with Crippen LogP contribution in [-0.2, 0) is 9.53 Å². The molecule has 1 N–H and O–H groups in total. The minimum Gasteiger partial charge on any atom is -0.444 e. The Kier molecular flexibility index (Phi) is 5.33. The molecule has 1 atom stereocenters. The third-order valence-corrected chi connectivity index (χ3v) is 1.69. The SMILES string of the molecule is CC(=O)CCC(C)NC(=O)OC(C)(C)C. The molecule has 0 aromatic heterocycles. The molecule has 0 radical (unpaired) electrons. The first-order valence-corrected chi connectivity index (χ1v) is 5.19. The number of ketones is 1. The topological polar surface area (TPSA) is 55.4 Å². The van der Waals surface area contributed by atoms with Crippen molar-refractivity contribution in [2.24, 2.45) is 0 Å². The van der Waals surface area contributed by atoms with Gasteiger partial charge in [0.15, 0.2) is 0 Å². The summed E-state index contributed by atoms with van der Waals surface area (Å²) in [6.45, 7) is 8.83. The summed E-state index contributed by atoms with van der Waals surface area (Å²) >= 11 is 0. The number of alkyl carbamates (subject to hydrolysis) is 1. The van der Waals surface area contributed by atoms with Crippen LogP contribution in [-0.4, -0.2) is 23.5 Å². The molecule has 0 saturated carbocycles. The predicted molar refractivity (Wildman–Crippen MR) is 58.7 cm³/mol. The highest BCUT2D eigenvalue weighted by molar-refractivity contribution is 5.75. The summed E-state index contributed by atoms with van der Waals surface area (Å²) in [5.41, 5.74) is -0.482. The van der Waals surface area contributed by atoms with Crippen LogP contribution in [0.3, 0.4) is 0 Å². The zero-order chi connectivity index (χ0) is 12.1. The van der Waals surface area contributed by atoms with E-state index in [0.717, 1.165) is 0 Å². The normalized spacial score (nSPS) is 13.1. The van der Waals surface area contributed by atoms with Crippen molar-refractivity contribution in [2.75, 3.05) is 0 Å². The molecule has 1 unspecified atom stereocenters. The van der Waals surface area contributed by atoms with Crippen LogP contribution in [0.1, 0.15) is 47.5 Å². The fourth-order valence-electron chi connectivity index (χ4n) is 1.00. The number of ether oxygens (including phenoxy) is 1. The molecule has 4 nitrogen and oxygen atoms in total. The summed E-state index contributed by atoms with van der Waals surface area (Å²) in [5.74, 6) is 0.132. The monoisotopic (exact) mass is 215 g/mol. The van der Waals surface area contributed by atoms with E-state index in [0.29, 0.717) is 12.8 Å². The van der Waals surface area contributed by atoms with Crippen LogP contribution in [0, 0.1) is 0 Å². The van der Waals surface area contributed by atoms with E-state index >= 15 is 0 Å². The minimum absolute atomic E-state index is 0.0382. The Hall–Kier alpha value is -1.06. The minimum atomic E-state index is -0.482. The maximum absolute atomic E-state index is 11.3. The number of rotatable bonds is 4. The molecule has 0 heterocycles. The molecule has 0 rings (SSSR count). The third kappa shape index (κ3) is 9.25. The van der Waals surface area contributed by atoms with Gasteiger partial charge < -0.3 is 14.8 Å². The van der Waals surface area contributed by atoms with Gasteiger partial charge in [0, 0.05) is 12.5 Å². The summed E-state index contributed by atoms with van der Waals surface area (Å²) in [5, 5.41) is 2.68. The van der Waals surface area contributed by atoms with Crippen molar-refractivity contribution in [3.05, 3.63) is 0 Å². The summed E-state index contributed by atoms with van der Waals surface area (Å²) in [4.78, 5) is 22.0. The van der Waals surface area contributed by atoms with Gasteiger partial charge in [0.05, 0.1) is 0 Å². The van der Waals surface area contributed by atoms with Crippen molar-refractivity contribution >= 4 is 11.9 Å². The van der Waals surface area contributed by atoms with E-state index < -0.39 is 11.7 Å². The molecule has 0 aliphatic heterocycles. The Bertz CT molecular complexity index is 230. The highest BCUT2D eigenvalue weighted by Gasteiger charge is 2.17. The lowest BCUT2D eigenvalue weighted by molar-refractivity contribution is -0.117. The zero-order valence-corrected chi connectivity index (χ0v) is 10.2. The van der Waals surface area contributed by atoms with Crippen molar-refractivity contribution in [3.63, 3.8) is 0 Å². The second-order valence-corrected chi connectivity index (χ2v) is 4.79. The maximum Gasteiger partial charge on any atom is 0.407 e. The van der Waals surface area contributed by atoms with Crippen LogP contribution in [0.5, 0.6) is 0 Å². The Balaban J connectivity index is 3.81. The number of carbonyl (C=O) groups excluding carboxylic acids is 2. The van der Waals surface area contributed by atoms with Crippen molar-refractivity contribution < 1.29 is 14.3 Å². The smallest absolute Gasteiger partial charge is 0.407 e. The van der Waals surface area contributed by atoms with E-state index in [4.69, 9.17) is 4.74 Å². The number of Topliss-reactive ketones (excluding diaryl/α,β-unsaturated/α-hetero) is 1. The van der Waals surface area contributed by atoms with Crippen molar-refractivity contribution in [1.82, 2.24) is 5.32 Å². The van der Waals surface area contributed by atoms with E-state index in [1.165, 1.54) is 0 Å². The second-order valence-electron chi connectivity index (χ2n) is 4.79. The molecule has 0 fully saturated rings. The summed E-state index contributed by atoms with van der Waals surface area (Å²) in [6, 6.07) is -0.0382. The quantitative estimate of drug-likeness (QED) is 0.782. The average molecular weight is 215 g/mol. The van der Waals surface area contributed by atoms with Gasteiger partial charge in [-0.3, -0.25) is 0 Å². The standard InChI is InChI=1S/C11H21NO3/c1-8(6-7-9(2)13)12-10(14)15-11(3,4)5/h8H,6-7H2,1-5H3,(H,12,14). The van der Waals surface area contributed by atoms with E-state index in [9.17, 15) is 9.59 Å². The molecule has 4 heteroatoms. The molecule has 0 saturated heterocycles. The second kappa shape index (κ2) is 5.73. The molecule has 0 aromatic carbocycles. The highest BCUT2D eigenvalue weighted by atomic mass is 16.6. The maximum atomic E-state index is 11.3. The predicted octanol–water partition coefficient (Wildman–Crippen LogP) is 2.27. The van der Waals surface area contributed by atoms with Crippen molar-refractivity contribution in [2.45, 2.75) is 59.1 Å². The fourth-order valence-corrected chi connectivity index (χ4v) is 1.00. The lowest BCUT2D eigenvalue weighted by Gasteiger charge is -2.21. The molecular formula is C11H21NO3. The van der Waals surface area contributed by atoms with Crippen molar-refractivity contribution in [3.8, 4) is 0 Å². The number of hydrogen-bond acceptors (Lipinski definition) is 3. The zero-order valence-electron chi connectivity index (χ0n) is 10.2. The van der Waals surface area contributed by atoms with Gasteiger partial charge in [0.25, 0.3) is 0 Å². The van der Waals surface area contributed by atoms with Gasteiger partial charge in [0.1, 0.15) is 11.4 Å². The van der Waals surface area contributed by atoms with Crippen LogP contribution < -0.4 is 5.32 Å². The van der Waals surface area contributed by atoms with Crippen LogP contribution in [0.2, 0.25) is 0 Å². The number of carbonyl (C=O) groups is 2. The van der Waals surface area contributed by atoms with Crippen LogP contribution in [0.4, 0.5) is 4.79 Å². The average Bonchev–Trinajstić information content (AvgIpc) is 1.96. The molecule has 88 valence electrons. The van der Waals surface area contributed by atoms with E-state index in [-0.39, 0.29) is 11.8 Å². The van der Waals surface area contributed by atoms with Gasteiger partial charge in [-0.05, 0) is 41.0 Å². The van der Waals surface area contributed by atoms with Gasteiger partial charge in [-0.2, -0.15) is 0 Å². The lowest BCUT2D eigenvalue weighted by atomic mass is 10.1. The van der Waals surface area contributed by atoms with Gasteiger partial charge in [-0.1, -0.05) is 0 Å². The van der Waals surface area contributed by atoms with E-state index in [1.54, 1.807) is 6.92 Å². The molecule has 0 spiro atoms. The largest absolute Gasteiger partial charge is 0.444 e. The molecule has 0 aliphatic rings. The molecule has 1 amide bonds. The molecule has 0 aromatic rings. The number of amides is 1. The van der Waals surface area contributed by atoms with Gasteiger partial charge in [-0.15, -0.1) is 0 Å². The number of hydrogen-bond donors (Lipinski definition) is 1. The first-order valence-electron chi connectivity index (χ1n) is 5.19. The summed E-state index contributed by atoms with van der Waals surface area (Å²) < 4.78 is 5.08. The Morgan fingerprint density at radius 3 is 2.27 bits per heavy atom. The summed E-state index contributed by atoms with van der Waals surface area (Å²) in [7, 11) is 0. The molecule has 0 aliphatic carbocycles. The summed E-state index contributed by atoms with van der Waals surface area (Å²) in [6.07, 6.45) is 0.699. The Morgan fingerprint density at radius 1 is 1.33 bits per heavy atom. The number of nitrogens with one attached hydrogen (secondary N) is 1. The van der Waals surface area contributed by atoms with Gasteiger partial charge >= 0.3 is 6.09 Å². The van der Waals surface area contributed by atoms with E-state index in [1.807, 2.05) is 27.7 Å².